The number of alkyl halides is 2. The van der Waals surface area contributed by atoms with Gasteiger partial charge in [-0.15, -0.1) is 0 Å². The van der Waals surface area contributed by atoms with E-state index in [4.69, 9.17) is 4.74 Å². The molecule has 2 N–H and O–H groups in total. The molecule has 0 aliphatic rings. The number of hydrogen-bond donors (Lipinski definition) is 2. The van der Waals surface area contributed by atoms with Crippen molar-refractivity contribution in [1.82, 2.24) is 4.98 Å². The molecule has 1 aromatic heterocycles. The Balaban J connectivity index is 1.91. The number of aromatic amines is 1. The van der Waals surface area contributed by atoms with Crippen molar-refractivity contribution >= 4 is 15.7 Å². The van der Waals surface area contributed by atoms with Crippen molar-refractivity contribution in [2.24, 2.45) is 0 Å². The first kappa shape index (κ1) is 21.4. The summed E-state index contributed by atoms with van der Waals surface area (Å²) in [6.07, 6.45) is 1.05. The average molecular weight is 448 g/mol. The van der Waals surface area contributed by atoms with Gasteiger partial charge in [-0.25, -0.2) is 21.6 Å². The second-order valence-electron chi connectivity index (χ2n) is 5.82. The van der Waals surface area contributed by atoms with Gasteiger partial charge in [0, 0.05) is 23.9 Å². The molecular weight excluding hydrogens is 435 g/mol. The van der Waals surface area contributed by atoms with Gasteiger partial charge in [-0.3, -0.25) is 4.72 Å². The summed E-state index contributed by atoms with van der Waals surface area (Å²) in [4.78, 5) is 2.26. The lowest BCUT2D eigenvalue weighted by molar-refractivity contribution is -0.0523. The van der Waals surface area contributed by atoms with Gasteiger partial charge in [0.15, 0.2) is 29.0 Å². The molecule has 6 nitrogen and oxygen atoms in total. The molecule has 0 amide bonds. The Kier molecular flexibility index (Phi) is 5.87. The topological polar surface area (TPSA) is 80.4 Å². The van der Waals surface area contributed by atoms with Crippen molar-refractivity contribution in [3.05, 3.63) is 60.0 Å². The Morgan fingerprint density at radius 3 is 2.43 bits per heavy atom. The number of rotatable bonds is 7. The second-order valence-corrected chi connectivity index (χ2v) is 7.50. The number of methoxy groups -OCH3 is 1. The molecule has 0 unspecified atom stereocenters. The maximum absolute atomic E-state index is 14.1. The van der Waals surface area contributed by atoms with E-state index in [1.165, 1.54) is 19.2 Å². The van der Waals surface area contributed by atoms with E-state index in [1.54, 1.807) is 0 Å². The van der Waals surface area contributed by atoms with E-state index in [2.05, 4.69) is 9.72 Å². The van der Waals surface area contributed by atoms with Gasteiger partial charge >= 0.3 is 6.61 Å². The first-order chi connectivity index (χ1) is 14.1. The fourth-order valence-electron chi connectivity index (χ4n) is 2.61. The van der Waals surface area contributed by atoms with Crippen molar-refractivity contribution in [3.63, 3.8) is 0 Å². The lowest BCUT2D eigenvalue weighted by atomic mass is 10.1. The van der Waals surface area contributed by atoms with Crippen molar-refractivity contribution in [1.29, 1.82) is 0 Å². The van der Waals surface area contributed by atoms with Crippen LogP contribution in [0.1, 0.15) is 0 Å². The Labute approximate surface area is 167 Å². The van der Waals surface area contributed by atoms with Gasteiger partial charge in [0.25, 0.3) is 10.0 Å². The lowest BCUT2D eigenvalue weighted by Crippen LogP contribution is -2.14. The van der Waals surface area contributed by atoms with E-state index >= 15 is 0 Å². The van der Waals surface area contributed by atoms with Crippen LogP contribution in [-0.4, -0.2) is 27.1 Å². The van der Waals surface area contributed by atoms with Gasteiger partial charge in [0.1, 0.15) is 4.90 Å². The third-order valence-electron chi connectivity index (χ3n) is 3.91. The van der Waals surface area contributed by atoms with E-state index in [-0.39, 0.29) is 21.9 Å². The second kappa shape index (κ2) is 8.22. The molecule has 0 bridgehead atoms. The van der Waals surface area contributed by atoms with E-state index in [0.29, 0.717) is 12.1 Å². The van der Waals surface area contributed by atoms with Gasteiger partial charge < -0.3 is 14.5 Å². The first-order valence-corrected chi connectivity index (χ1v) is 9.58. The molecule has 160 valence electrons. The fraction of sp³-hybridized carbons (Fsp3) is 0.111. The molecule has 0 saturated heterocycles. The number of H-pyrrole nitrogens is 1. The number of hydrogen-bond acceptors (Lipinski definition) is 4. The number of halogens is 5. The highest BCUT2D eigenvalue weighted by molar-refractivity contribution is 7.92. The zero-order chi connectivity index (χ0) is 22.1. The summed E-state index contributed by atoms with van der Waals surface area (Å²) < 4.78 is 102. The quantitative estimate of drug-likeness (QED) is 0.522. The van der Waals surface area contributed by atoms with E-state index in [9.17, 15) is 30.4 Å². The predicted octanol–water partition coefficient (Wildman–Crippen LogP) is 4.51. The van der Waals surface area contributed by atoms with Crippen molar-refractivity contribution in [2.45, 2.75) is 11.5 Å². The van der Waals surface area contributed by atoms with E-state index in [1.807, 2.05) is 4.72 Å². The summed E-state index contributed by atoms with van der Waals surface area (Å²) in [6.45, 7) is -3.39. The SMILES string of the molecule is COc1c(F)cccc1-c1cc(S(=O)(=O)Nc2cc(F)c(OC(F)F)cc2F)c[nH]1. The smallest absolute Gasteiger partial charge is 0.387 e. The molecule has 0 radical (unpaired) electrons. The molecular formula is C18H13F5N2O4S. The van der Waals surface area contributed by atoms with Gasteiger partial charge in [-0.1, -0.05) is 6.07 Å². The summed E-state index contributed by atoms with van der Waals surface area (Å²) in [5.74, 6) is -4.60. The molecule has 12 heteroatoms. The third-order valence-corrected chi connectivity index (χ3v) is 5.25. The maximum Gasteiger partial charge on any atom is 0.387 e. The van der Waals surface area contributed by atoms with Crippen LogP contribution in [0.15, 0.2) is 47.5 Å². The number of ether oxygens (including phenoxy) is 2. The van der Waals surface area contributed by atoms with Crippen LogP contribution in [0.4, 0.5) is 27.6 Å². The minimum absolute atomic E-state index is 0.126. The molecule has 0 atom stereocenters. The number of nitrogens with one attached hydrogen (secondary N) is 2. The molecule has 0 aliphatic carbocycles. The lowest BCUT2D eigenvalue weighted by Gasteiger charge is -2.11. The maximum atomic E-state index is 14.1. The Morgan fingerprint density at radius 1 is 1.03 bits per heavy atom. The van der Waals surface area contributed by atoms with Crippen molar-refractivity contribution in [3.8, 4) is 22.8 Å². The van der Waals surface area contributed by atoms with Crippen LogP contribution in [0.2, 0.25) is 0 Å². The van der Waals surface area contributed by atoms with Crippen LogP contribution in [0.5, 0.6) is 11.5 Å². The summed E-state index contributed by atoms with van der Waals surface area (Å²) in [5.41, 5.74) is -0.413. The molecule has 0 spiro atoms. The molecule has 3 rings (SSSR count). The number of aromatic nitrogens is 1. The molecule has 3 aromatic rings. The van der Waals surface area contributed by atoms with Gasteiger partial charge in [-0.05, 0) is 18.2 Å². The predicted molar refractivity (Wildman–Crippen MR) is 96.5 cm³/mol. The van der Waals surface area contributed by atoms with E-state index in [0.717, 1.165) is 18.3 Å². The highest BCUT2D eigenvalue weighted by Gasteiger charge is 2.22. The van der Waals surface area contributed by atoms with Crippen LogP contribution in [0.3, 0.4) is 0 Å². The molecule has 0 fully saturated rings. The average Bonchev–Trinajstić information content (AvgIpc) is 3.16. The molecule has 2 aromatic carbocycles. The highest BCUT2D eigenvalue weighted by Crippen LogP contribution is 2.33. The summed E-state index contributed by atoms with van der Waals surface area (Å²) >= 11 is 0. The first-order valence-electron chi connectivity index (χ1n) is 8.10. The fourth-order valence-corrected chi connectivity index (χ4v) is 3.66. The molecule has 1 heterocycles. The number of benzene rings is 2. The van der Waals surface area contributed by atoms with Crippen LogP contribution < -0.4 is 14.2 Å². The summed E-state index contributed by atoms with van der Waals surface area (Å²) in [7, 11) is -3.18. The van der Waals surface area contributed by atoms with Crippen LogP contribution >= 0.6 is 0 Å². The zero-order valence-corrected chi connectivity index (χ0v) is 15.9. The summed E-state index contributed by atoms with van der Waals surface area (Å²) in [6, 6.07) is 5.81. The molecule has 0 aliphatic heterocycles. The molecule has 30 heavy (non-hydrogen) atoms. The van der Waals surface area contributed by atoms with Gasteiger partial charge in [-0.2, -0.15) is 8.78 Å². The van der Waals surface area contributed by atoms with Crippen LogP contribution in [0.25, 0.3) is 11.3 Å². The Bertz CT molecular complexity index is 1180. The van der Waals surface area contributed by atoms with E-state index < -0.39 is 45.5 Å². The minimum Gasteiger partial charge on any atom is -0.493 e. The van der Waals surface area contributed by atoms with Gasteiger partial charge in [0.2, 0.25) is 0 Å². The summed E-state index contributed by atoms with van der Waals surface area (Å²) in [5, 5.41) is 0. The number of anilines is 1. The normalized spacial score (nSPS) is 11.6. The standard InChI is InChI=1S/C18H13F5N2O4S/c1-28-17-10(3-2-4-11(17)19)14-5-9(8-24-14)30(26,27)25-15-6-13(21)16(7-12(15)20)29-18(22)23/h2-8,18,24-25H,1H3. The largest absolute Gasteiger partial charge is 0.493 e. The molecule has 0 saturated carbocycles. The highest BCUT2D eigenvalue weighted by atomic mass is 32.2. The monoisotopic (exact) mass is 448 g/mol. The van der Waals surface area contributed by atoms with Crippen molar-refractivity contribution < 1.29 is 39.8 Å². The number of sulfonamides is 1. The van der Waals surface area contributed by atoms with Crippen LogP contribution in [0, 0.1) is 17.5 Å². The number of para-hydroxylation sites is 1. The minimum atomic E-state index is -4.42. The zero-order valence-electron chi connectivity index (χ0n) is 15.0. The van der Waals surface area contributed by atoms with Crippen LogP contribution in [-0.2, 0) is 10.0 Å². The van der Waals surface area contributed by atoms with Gasteiger partial charge in [0.05, 0.1) is 18.5 Å². The Hall–Kier alpha value is -3.28. The third kappa shape index (κ3) is 4.32. The van der Waals surface area contributed by atoms with Crippen molar-refractivity contribution in [2.75, 3.05) is 11.8 Å². The Morgan fingerprint density at radius 2 is 1.77 bits per heavy atom.